The monoisotopic (exact) mass is 253 g/mol. The Morgan fingerprint density at radius 3 is 2.11 bits per heavy atom. The minimum atomic E-state index is -0.219. The molecule has 0 radical (unpaired) electrons. The molecule has 4 nitrogen and oxygen atoms in total. The van der Waals surface area contributed by atoms with Crippen LogP contribution in [-0.4, -0.2) is 15.9 Å². The number of rotatable bonds is 3. The number of amides is 1. The minimum Gasteiger partial charge on any atom is -0.343 e. The van der Waals surface area contributed by atoms with Crippen LogP contribution in [0.3, 0.4) is 0 Å². The van der Waals surface area contributed by atoms with Crippen LogP contribution in [0.5, 0.6) is 0 Å². The van der Waals surface area contributed by atoms with E-state index in [1.54, 1.807) is 36.9 Å². The van der Waals surface area contributed by atoms with Gasteiger partial charge < -0.3 is 5.32 Å². The van der Waals surface area contributed by atoms with E-state index in [-0.39, 0.29) is 11.4 Å². The first-order valence-corrected chi connectivity index (χ1v) is 6.43. The van der Waals surface area contributed by atoms with Gasteiger partial charge in [-0.05, 0) is 49.1 Å². The van der Waals surface area contributed by atoms with Crippen LogP contribution in [-0.2, 0) is 5.54 Å². The van der Waals surface area contributed by atoms with Gasteiger partial charge in [0.1, 0.15) is 0 Å². The van der Waals surface area contributed by atoms with E-state index in [4.69, 9.17) is 0 Å². The Hall–Kier alpha value is -2.23. The van der Waals surface area contributed by atoms with Gasteiger partial charge in [0.05, 0.1) is 5.54 Å². The first-order chi connectivity index (χ1) is 9.30. The van der Waals surface area contributed by atoms with Crippen LogP contribution < -0.4 is 5.32 Å². The third kappa shape index (κ3) is 2.21. The maximum absolute atomic E-state index is 12.3. The lowest BCUT2D eigenvalue weighted by Gasteiger charge is -2.43. The van der Waals surface area contributed by atoms with E-state index in [1.165, 1.54) is 0 Å². The van der Waals surface area contributed by atoms with Crippen LogP contribution in [0.2, 0.25) is 0 Å². The summed E-state index contributed by atoms with van der Waals surface area (Å²) in [5.74, 6) is -0.0427. The standard InChI is InChI=1S/C15H15N3O/c19-14(12-2-8-16-9-3-12)18-15(6-1-7-15)13-4-10-17-11-5-13/h2-5,8-11H,1,6-7H2,(H,18,19). The van der Waals surface area contributed by atoms with Crippen molar-refractivity contribution >= 4 is 5.91 Å². The van der Waals surface area contributed by atoms with E-state index in [1.807, 2.05) is 12.1 Å². The highest BCUT2D eigenvalue weighted by molar-refractivity contribution is 5.94. The molecular weight excluding hydrogens is 238 g/mol. The molecule has 2 heterocycles. The van der Waals surface area contributed by atoms with Crippen molar-refractivity contribution in [3.05, 3.63) is 60.2 Å². The summed E-state index contributed by atoms with van der Waals surface area (Å²) in [6.07, 6.45) is 9.91. The largest absolute Gasteiger partial charge is 0.343 e. The molecule has 0 aromatic carbocycles. The number of aromatic nitrogens is 2. The van der Waals surface area contributed by atoms with E-state index in [2.05, 4.69) is 15.3 Å². The van der Waals surface area contributed by atoms with E-state index in [0.717, 1.165) is 24.8 Å². The van der Waals surface area contributed by atoms with E-state index < -0.39 is 0 Å². The number of hydrogen-bond donors (Lipinski definition) is 1. The summed E-state index contributed by atoms with van der Waals surface area (Å²) < 4.78 is 0. The second-order valence-corrected chi connectivity index (χ2v) is 4.86. The SMILES string of the molecule is O=C(NC1(c2ccncc2)CCC1)c1ccncc1. The summed E-state index contributed by atoms with van der Waals surface area (Å²) in [6, 6.07) is 7.42. The second-order valence-electron chi connectivity index (χ2n) is 4.86. The molecule has 1 amide bonds. The zero-order chi connectivity index (χ0) is 13.1. The van der Waals surface area contributed by atoms with Crippen LogP contribution in [0.1, 0.15) is 35.2 Å². The number of nitrogens with zero attached hydrogens (tertiary/aromatic N) is 2. The van der Waals surface area contributed by atoms with Gasteiger partial charge >= 0.3 is 0 Å². The predicted octanol–water partition coefficient (Wildman–Crippen LogP) is 2.29. The van der Waals surface area contributed by atoms with Gasteiger partial charge in [-0.15, -0.1) is 0 Å². The lowest BCUT2D eigenvalue weighted by atomic mass is 9.72. The van der Waals surface area contributed by atoms with Crippen LogP contribution in [0.15, 0.2) is 49.1 Å². The van der Waals surface area contributed by atoms with E-state index >= 15 is 0 Å². The summed E-state index contributed by atoms with van der Waals surface area (Å²) >= 11 is 0. The Morgan fingerprint density at radius 2 is 1.58 bits per heavy atom. The quantitative estimate of drug-likeness (QED) is 0.913. The van der Waals surface area contributed by atoms with Gasteiger partial charge in [0.15, 0.2) is 0 Å². The fourth-order valence-electron chi connectivity index (χ4n) is 2.48. The van der Waals surface area contributed by atoms with Crippen molar-refractivity contribution in [1.29, 1.82) is 0 Å². The molecule has 96 valence electrons. The highest BCUT2D eigenvalue weighted by atomic mass is 16.1. The van der Waals surface area contributed by atoms with Crippen molar-refractivity contribution in [2.45, 2.75) is 24.8 Å². The molecule has 2 aromatic rings. The van der Waals surface area contributed by atoms with Crippen molar-refractivity contribution in [2.24, 2.45) is 0 Å². The molecule has 1 saturated carbocycles. The molecule has 1 fully saturated rings. The van der Waals surface area contributed by atoms with E-state index in [0.29, 0.717) is 5.56 Å². The fraction of sp³-hybridized carbons (Fsp3) is 0.267. The highest BCUT2D eigenvalue weighted by Crippen LogP contribution is 2.41. The van der Waals surface area contributed by atoms with Crippen molar-refractivity contribution in [2.75, 3.05) is 0 Å². The predicted molar refractivity (Wildman–Crippen MR) is 71.5 cm³/mol. The molecular formula is C15H15N3O. The van der Waals surface area contributed by atoms with Crippen molar-refractivity contribution in [3.8, 4) is 0 Å². The zero-order valence-corrected chi connectivity index (χ0v) is 10.5. The Labute approximate surface area is 111 Å². The maximum atomic E-state index is 12.3. The number of nitrogens with one attached hydrogen (secondary N) is 1. The van der Waals surface area contributed by atoms with Crippen LogP contribution in [0.4, 0.5) is 0 Å². The molecule has 0 unspecified atom stereocenters. The number of carbonyl (C=O) groups is 1. The first kappa shape index (κ1) is 11.8. The zero-order valence-electron chi connectivity index (χ0n) is 10.5. The fourth-order valence-corrected chi connectivity index (χ4v) is 2.48. The summed E-state index contributed by atoms with van der Waals surface area (Å²) in [5, 5.41) is 3.17. The van der Waals surface area contributed by atoms with Gasteiger partial charge in [-0.2, -0.15) is 0 Å². The molecule has 1 N–H and O–H groups in total. The lowest BCUT2D eigenvalue weighted by Crippen LogP contribution is -2.50. The summed E-state index contributed by atoms with van der Waals surface area (Å²) in [4.78, 5) is 20.2. The second kappa shape index (κ2) is 4.80. The molecule has 19 heavy (non-hydrogen) atoms. The summed E-state index contributed by atoms with van der Waals surface area (Å²) in [5.41, 5.74) is 1.56. The molecule has 0 atom stereocenters. The molecule has 0 aliphatic heterocycles. The first-order valence-electron chi connectivity index (χ1n) is 6.43. The van der Waals surface area contributed by atoms with Crippen molar-refractivity contribution in [3.63, 3.8) is 0 Å². The number of hydrogen-bond acceptors (Lipinski definition) is 3. The minimum absolute atomic E-state index is 0.0427. The molecule has 0 bridgehead atoms. The number of pyridine rings is 2. The third-order valence-electron chi connectivity index (χ3n) is 3.74. The average Bonchev–Trinajstić information content (AvgIpc) is 2.44. The molecule has 3 rings (SSSR count). The number of carbonyl (C=O) groups excluding carboxylic acids is 1. The molecule has 0 saturated heterocycles. The third-order valence-corrected chi connectivity index (χ3v) is 3.74. The van der Waals surface area contributed by atoms with Crippen LogP contribution >= 0.6 is 0 Å². The summed E-state index contributed by atoms with van der Waals surface area (Å²) in [7, 11) is 0. The van der Waals surface area contributed by atoms with Crippen LogP contribution in [0.25, 0.3) is 0 Å². The maximum Gasteiger partial charge on any atom is 0.252 e. The van der Waals surface area contributed by atoms with Gasteiger partial charge in [-0.3, -0.25) is 14.8 Å². The van der Waals surface area contributed by atoms with Gasteiger partial charge in [-0.25, -0.2) is 0 Å². The van der Waals surface area contributed by atoms with E-state index in [9.17, 15) is 4.79 Å². The van der Waals surface area contributed by atoms with Crippen molar-refractivity contribution in [1.82, 2.24) is 15.3 Å². The van der Waals surface area contributed by atoms with Crippen LogP contribution in [0, 0.1) is 0 Å². The molecule has 0 spiro atoms. The Morgan fingerprint density at radius 1 is 1.00 bits per heavy atom. The molecule has 2 aromatic heterocycles. The Kier molecular flexibility index (Phi) is 2.99. The topological polar surface area (TPSA) is 54.9 Å². The average molecular weight is 253 g/mol. The smallest absolute Gasteiger partial charge is 0.252 e. The normalized spacial score (nSPS) is 16.4. The van der Waals surface area contributed by atoms with Crippen molar-refractivity contribution < 1.29 is 4.79 Å². The lowest BCUT2D eigenvalue weighted by molar-refractivity contribution is 0.0823. The highest BCUT2D eigenvalue weighted by Gasteiger charge is 2.40. The summed E-state index contributed by atoms with van der Waals surface area (Å²) in [6.45, 7) is 0. The van der Waals surface area contributed by atoms with Gasteiger partial charge in [0.25, 0.3) is 5.91 Å². The molecule has 1 aliphatic rings. The molecule has 1 aliphatic carbocycles. The molecule has 4 heteroatoms. The van der Waals surface area contributed by atoms with Gasteiger partial charge in [0.2, 0.25) is 0 Å². The Bertz CT molecular complexity index is 564. The van der Waals surface area contributed by atoms with Gasteiger partial charge in [-0.1, -0.05) is 0 Å². The van der Waals surface area contributed by atoms with Gasteiger partial charge in [0, 0.05) is 30.4 Å². The Balaban J connectivity index is 1.83.